The van der Waals surface area contributed by atoms with Crippen LogP contribution in [-0.2, 0) is 16.1 Å². The average molecular weight is 508 g/mol. The molecule has 0 aliphatic heterocycles. The molecule has 5 nitrogen and oxygen atoms in total. The molecule has 2 aromatic rings. The van der Waals surface area contributed by atoms with E-state index in [0.29, 0.717) is 17.3 Å². The number of nitrogens with zero attached hydrogens (tertiary/aromatic N) is 1. The van der Waals surface area contributed by atoms with Crippen LogP contribution in [0.25, 0.3) is 0 Å². The van der Waals surface area contributed by atoms with Crippen molar-refractivity contribution in [2.24, 2.45) is 0 Å². The molecule has 1 N–H and O–H groups in total. The first kappa shape index (κ1) is 23.6. The van der Waals surface area contributed by atoms with Crippen molar-refractivity contribution in [3.63, 3.8) is 0 Å². The van der Waals surface area contributed by atoms with E-state index >= 15 is 0 Å². The first-order chi connectivity index (χ1) is 14.8. The van der Waals surface area contributed by atoms with Crippen LogP contribution in [-0.4, -0.2) is 35.4 Å². The minimum atomic E-state index is -0.604. The largest absolute Gasteiger partial charge is 0.484 e. The highest BCUT2D eigenvalue weighted by atomic mass is 79.9. The number of hydrogen-bond donors (Lipinski definition) is 1. The molecular weight excluding hydrogens is 480 g/mol. The molecule has 0 aromatic heterocycles. The number of ether oxygens (including phenoxy) is 1. The van der Waals surface area contributed by atoms with E-state index in [1.165, 1.54) is 0 Å². The number of amides is 2. The van der Waals surface area contributed by atoms with Gasteiger partial charge in [0.05, 0.1) is 0 Å². The van der Waals surface area contributed by atoms with Gasteiger partial charge in [-0.1, -0.05) is 52.5 Å². The van der Waals surface area contributed by atoms with E-state index in [0.717, 1.165) is 41.3 Å². The zero-order valence-corrected chi connectivity index (χ0v) is 20.2. The molecule has 2 aromatic carbocycles. The summed E-state index contributed by atoms with van der Waals surface area (Å²) in [6.45, 7) is 3.83. The second-order valence-electron chi connectivity index (χ2n) is 8.01. The van der Waals surface area contributed by atoms with Crippen LogP contribution in [0, 0.1) is 6.92 Å². The van der Waals surface area contributed by atoms with Crippen molar-refractivity contribution in [2.45, 2.75) is 58.2 Å². The zero-order chi connectivity index (χ0) is 22.4. The maximum absolute atomic E-state index is 13.1. The third kappa shape index (κ3) is 6.71. The van der Waals surface area contributed by atoms with Gasteiger partial charge < -0.3 is 15.0 Å². The summed E-state index contributed by atoms with van der Waals surface area (Å²) in [6.07, 6.45) is 4.26. The highest BCUT2D eigenvalue weighted by Crippen LogP contribution is 2.22. The summed E-state index contributed by atoms with van der Waals surface area (Å²) >= 11 is 9.49. The molecule has 166 valence electrons. The van der Waals surface area contributed by atoms with Gasteiger partial charge in [-0.15, -0.1) is 0 Å². The van der Waals surface area contributed by atoms with Crippen LogP contribution < -0.4 is 10.1 Å². The number of carbonyl (C=O) groups excluding carboxylic acids is 2. The molecule has 0 heterocycles. The van der Waals surface area contributed by atoms with Gasteiger partial charge in [0.25, 0.3) is 5.91 Å². The van der Waals surface area contributed by atoms with Crippen LogP contribution in [0.1, 0.15) is 43.7 Å². The quantitative estimate of drug-likeness (QED) is 0.530. The maximum atomic E-state index is 13.1. The van der Waals surface area contributed by atoms with Crippen molar-refractivity contribution in [2.75, 3.05) is 6.61 Å². The number of carbonyl (C=O) groups is 2. The third-order valence-corrected chi connectivity index (χ3v) is 6.58. The fraction of sp³-hybridized carbons (Fsp3) is 0.417. The molecule has 3 rings (SSSR count). The van der Waals surface area contributed by atoms with Crippen molar-refractivity contribution in [1.29, 1.82) is 0 Å². The van der Waals surface area contributed by atoms with Crippen LogP contribution in [0.15, 0.2) is 46.9 Å². The average Bonchev–Trinajstić information content (AvgIpc) is 3.26. The molecule has 2 amide bonds. The Balaban J connectivity index is 1.71. The summed E-state index contributed by atoms with van der Waals surface area (Å²) in [5.74, 6) is 0.200. The Morgan fingerprint density at radius 3 is 2.52 bits per heavy atom. The lowest BCUT2D eigenvalue weighted by Gasteiger charge is -2.29. The summed E-state index contributed by atoms with van der Waals surface area (Å²) in [7, 11) is 0. The predicted octanol–water partition coefficient (Wildman–Crippen LogP) is 5.27. The standard InChI is InChI=1S/C24H28BrClN2O3/c1-16-13-21(11-12-22(16)26)31-15-23(29)28(14-18-7-9-19(25)10-8-18)17(2)24(30)27-20-5-3-4-6-20/h7-13,17,20H,3-6,14-15H2,1-2H3,(H,27,30)/t17-/m1/s1. The van der Waals surface area contributed by atoms with Gasteiger partial charge in [-0.05, 0) is 68.1 Å². The van der Waals surface area contributed by atoms with Gasteiger partial charge in [0.1, 0.15) is 11.8 Å². The van der Waals surface area contributed by atoms with Crippen molar-refractivity contribution < 1.29 is 14.3 Å². The van der Waals surface area contributed by atoms with E-state index in [2.05, 4.69) is 21.2 Å². The Labute approximate surface area is 197 Å². The van der Waals surface area contributed by atoms with Gasteiger partial charge in [0, 0.05) is 22.1 Å². The van der Waals surface area contributed by atoms with E-state index in [9.17, 15) is 9.59 Å². The van der Waals surface area contributed by atoms with Gasteiger partial charge in [-0.25, -0.2) is 0 Å². The van der Waals surface area contributed by atoms with Crippen LogP contribution in [0.2, 0.25) is 5.02 Å². The monoisotopic (exact) mass is 506 g/mol. The number of rotatable bonds is 8. The Morgan fingerprint density at radius 2 is 1.87 bits per heavy atom. The number of hydrogen-bond acceptors (Lipinski definition) is 3. The molecule has 0 unspecified atom stereocenters. The first-order valence-corrected chi connectivity index (χ1v) is 11.7. The molecule has 0 bridgehead atoms. The van der Waals surface area contributed by atoms with Gasteiger partial charge in [0.15, 0.2) is 6.61 Å². The van der Waals surface area contributed by atoms with Crippen molar-refractivity contribution >= 4 is 39.3 Å². The van der Waals surface area contributed by atoms with Crippen LogP contribution >= 0.6 is 27.5 Å². The van der Waals surface area contributed by atoms with Gasteiger partial charge >= 0.3 is 0 Å². The molecule has 1 saturated carbocycles. The normalized spacial score (nSPS) is 14.8. The van der Waals surface area contributed by atoms with E-state index in [-0.39, 0.29) is 24.5 Å². The number of aryl methyl sites for hydroxylation is 1. The number of benzene rings is 2. The zero-order valence-electron chi connectivity index (χ0n) is 17.9. The topological polar surface area (TPSA) is 58.6 Å². The lowest BCUT2D eigenvalue weighted by atomic mass is 10.1. The van der Waals surface area contributed by atoms with Crippen molar-refractivity contribution in [1.82, 2.24) is 10.2 Å². The lowest BCUT2D eigenvalue weighted by molar-refractivity contribution is -0.142. The fourth-order valence-electron chi connectivity index (χ4n) is 3.70. The Hall–Kier alpha value is -2.05. The Morgan fingerprint density at radius 1 is 1.19 bits per heavy atom. The van der Waals surface area contributed by atoms with E-state index in [1.807, 2.05) is 31.2 Å². The predicted molar refractivity (Wildman–Crippen MR) is 126 cm³/mol. The van der Waals surface area contributed by atoms with Crippen LogP contribution in [0.3, 0.4) is 0 Å². The van der Waals surface area contributed by atoms with Crippen molar-refractivity contribution in [3.8, 4) is 5.75 Å². The van der Waals surface area contributed by atoms with E-state index in [1.54, 1.807) is 30.0 Å². The van der Waals surface area contributed by atoms with Crippen LogP contribution in [0.5, 0.6) is 5.75 Å². The minimum absolute atomic E-state index is 0.125. The molecule has 0 spiro atoms. The smallest absolute Gasteiger partial charge is 0.261 e. The minimum Gasteiger partial charge on any atom is -0.484 e. The molecule has 7 heteroatoms. The number of nitrogens with one attached hydrogen (secondary N) is 1. The van der Waals surface area contributed by atoms with Gasteiger partial charge in [0.2, 0.25) is 5.91 Å². The molecule has 1 fully saturated rings. The molecule has 1 aliphatic rings. The molecule has 31 heavy (non-hydrogen) atoms. The molecule has 1 aliphatic carbocycles. The third-order valence-electron chi connectivity index (χ3n) is 5.63. The summed E-state index contributed by atoms with van der Waals surface area (Å²) in [5.41, 5.74) is 1.82. The lowest BCUT2D eigenvalue weighted by Crippen LogP contribution is -2.50. The second-order valence-corrected chi connectivity index (χ2v) is 9.34. The molecule has 0 saturated heterocycles. The summed E-state index contributed by atoms with van der Waals surface area (Å²) in [6, 6.07) is 12.6. The summed E-state index contributed by atoms with van der Waals surface area (Å²) in [4.78, 5) is 27.6. The van der Waals surface area contributed by atoms with Crippen LogP contribution in [0.4, 0.5) is 0 Å². The van der Waals surface area contributed by atoms with E-state index in [4.69, 9.17) is 16.3 Å². The second kappa shape index (κ2) is 11.0. The van der Waals surface area contributed by atoms with Gasteiger partial charge in [-0.2, -0.15) is 0 Å². The molecule has 1 atom stereocenters. The highest BCUT2D eigenvalue weighted by molar-refractivity contribution is 9.10. The first-order valence-electron chi connectivity index (χ1n) is 10.6. The maximum Gasteiger partial charge on any atom is 0.261 e. The SMILES string of the molecule is Cc1cc(OCC(=O)N(Cc2ccc(Br)cc2)[C@H](C)C(=O)NC2CCCC2)ccc1Cl. The van der Waals surface area contributed by atoms with Crippen molar-refractivity contribution in [3.05, 3.63) is 63.1 Å². The van der Waals surface area contributed by atoms with E-state index < -0.39 is 6.04 Å². The summed E-state index contributed by atoms with van der Waals surface area (Å²) in [5, 5.41) is 3.75. The molecular formula is C24H28BrClN2O3. The molecule has 0 radical (unpaired) electrons. The Bertz CT molecular complexity index is 914. The highest BCUT2D eigenvalue weighted by Gasteiger charge is 2.28. The summed E-state index contributed by atoms with van der Waals surface area (Å²) < 4.78 is 6.68. The fourth-order valence-corrected chi connectivity index (χ4v) is 4.08. The van der Waals surface area contributed by atoms with Gasteiger partial charge in [-0.3, -0.25) is 9.59 Å². The Kier molecular flexibility index (Phi) is 8.38. The number of halogens is 2.